The van der Waals surface area contributed by atoms with Gasteiger partial charge in [-0.05, 0) is 45.9 Å². The molecule has 19 heavy (non-hydrogen) atoms. The molecule has 0 aliphatic carbocycles. The Bertz CT molecular complexity index is 324. The third-order valence-corrected chi connectivity index (χ3v) is 4.32. The van der Waals surface area contributed by atoms with Crippen LogP contribution >= 0.6 is 11.3 Å². The van der Waals surface area contributed by atoms with Crippen molar-refractivity contribution in [3.8, 4) is 0 Å². The molecule has 0 aliphatic rings. The molecule has 0 fully saturated rings. The van der Waals surface area contributed by atoms with Gasteiger partial charge in [0.2, 0.25) is 0 Å². The van der Waals surface area contributed by atoms with Crippen LogP contribution in [0.5, 0.6) is 0 Å². The number of thiophene rings is 1. The van der Waals surface area contributed by atoms with E-state index in [-0.39, 0.29) is 0 Å². The summed E-state index contributed by atoms with van der Waals surface area (Å²) in [5.41, 5.74) is 0. The Morgan fingerprint density at radius 3 is 2.53 bits per heavy atom. The van der Waals surface area contributed by atoms with Gasteiger partial charge >= 0.3 is 0 Å². The molecule has 0 saturated heterocycles. The Morgan fingerprint density at radius 2 is 2.00 bits per heavy atom. The first-order valence-electron chi connectivity index (χ1n) is 7.18. The highest BCUT2D eigenvalue weighted by atomic mass is 32.1. The standard InChI is InChI=1S/C15H29N3S/c1-6-18(14(3)12-17(4)5)13(2)10-16-11-15-8-7-9-19-15/h7-9,13-14,16H,6,10-12H2,1-5H3. The first kappa shape index (κ1) is 16.6. The molecule has 0 radical (unpaired) electrons. The van der Waals surface area contributed by atoms with E-state index in [1.54, 1.807) is 0 Å². The third kappa shape index (κ3) is 6.04. The molecule has 110 valence electrons. The highest BCUT2D eigenvalue weighted by Gasteiger charge is 2.18. The minimum absolute atomic E-state index is 0.569. The summed E-state index contributed by atoms with van der Waals surface area (Å²) >= 11 is 1.82. The van der Waals surface area contributed by atoms with Crippen LogP contribution in [0.3, 0.4) is 0 Å². The second-order valence-electron chi connectivity index (χ2n) is 5.50. The van der Waals surface area contributed by atoms with Crippen LogP contribution in [0.25, 0.3) is 0 Å². The first-order chi connectivity index (χ1) is 9.04. The van der Waals surface area contributed by atoms with Crippen molar-refractivity contribution in [2.24, 2.45) is 0 Å². The van der Waals surface area contributed by atoms with Gasteiger partial charge in [-0.1, -0.05) is 13.0 Å². The van der Waals surface area contributed by atoms with Crippen LogP contribution in [0, 0.1) is 0 Å². The van der Waals surface area contributed by atoms with E-state index in [4.69, 9.17) is 0 Å². The SMILES string of the molecule is CCN(C(C)CNCc1cccs1)C(C)CN(C)C. The molecule has 1 rings (SSSR count). The van der Waals surface area contributed by atoms with E-state index in [0.717, 1.165) is 26.2 Å². The van der Waals surface area contributed by atoms with Gasteiger partial charge in [-0.15, -0.1) is 11.3 Å². The summed E-state index contributed by atoms with van der Waals surface area (Å²) in [5.74, 6) is 0. The van der Waals surface area contributed by atoms with Crippen molar-refractivity contribution < 1.29 is 0 Å². The molecular formula is C15H29N3S. The van der Waals surface area contributed by atoms with E-state index in [2.05, 4.69) is 67.5 Å². The van der Waals surface area contributed by atoms with E-state index in [0.29, 0.717) is 12.1 Å². The molecule has 1 heterocycles. The maximum atomic E-state index is 3.57. The predicted molar refractivity (Wildman–Crippen MR) is 85.9 cm³/mol. The van der Waals surface area contributed by atoms with Gasteiger partial charge in [0, 0.05) is 36.6 Å². The van der Waals surface area contributed by atoms with Gasteiger partial charge in [-0.25, -0.2) is 0 Å². The van der Waals surface area contributed by atoms with Gasteiger partial charge in [-0.2, -0.15) is 0 Å². The predicted octanol–water partition coefficient (Wildman–Crippen LogP) is 2.50. The van der Waals surface area contributed by atoms with Crippen LogP contribution in [-0.2, 0) is 6.54 Å². The zero-order valence-corrected chi connectivity index (χ0v) is 13.8. The van der Waals surface area contributed by atoms with Crippen molar-refractivity contribution in [2.75, 3.05) is 33.7 Å². The lowest BCUT2D eigenvalue weighted by molar-refractivity contribution is 0.134. The molecule has 0 bridgehead atoms. The van der Waals surface area contributed by atoms with E-state index in [1.165, 1.54) is 4.88 Å². The third-order valence-electron chi connectivity index (χ3n) is 3.45. The minimum atomic E-state index is 0.569. The van der Waals surface area contributed by atoms with Crippen LogP contribution in [0.2, 0.25) is 0 Å². The van der Waals surface area contributed by atoms with E-state index in [9.17, 15) is 0 Å². The summed E-state index contributed by atoms with van der Waals surface area (Å²) in [6.45, 7) is 11.1. The zero-order chi connectivity index (χ0) is 14.3. The second kappa shape index (κ2) is 8.69. The average molecular weight is 283 g/mol. The van der Waals surface area contributed by atoms with E-state index >= 15 is 0 Å². The van der Waals surface area contributed by atoms with Crippen molar-refractivity contribution in [1.29, 1.82) is 0 Å². The van der Waals surface area contributed by atoms with Gasteiger partial charge in [0.15, 0.2) is 0 Å². The van der Waals surface area contributed by atoms with Crippen LogP contribution in [-0.4, -0.2) is 55.6 Å². The number of hydrogen-bond acceptors (Lipinski definition) is 4. The fraction of sp³-hybridized carbons (Fsp3) is 0.733. The van der Waals surface area contributed by atoms with E-state index < -0.39 is 0 Å². The van der Waals surface area contributed by atoms with E-state index in [1.807, 2.05) is 11.3 Å². The summed E-state index contributed by atoms with van der Waals surface area (Å²) in [4.78, 5) is 6.25. The van der Waals surface area contributed by atoms with Crippen molar-refractivity contribution in [3.63, 3.8) is 0 Å². The molecule has 0 saturated carbocycles. The Morgan fingerprint density at radius 1 is 1.26 bits per heavy atom. The summed E-state index contributed by atoms with van der Waals surface area (Å²) in [5, 5.41) is 5.70. The van der Waals surface area contributed by atoms with Gasteiger partial charge in [0.1, 0.15) is 0 Å². The van der Waals surface area contributed by atoms with Crippen molar-refractivity contribution in [3.05, 3.63) is 22.4 Å². The molecule has 2 unspecified atom stereocenters. The lowest BCUT2D eigenvalue weighted by Gasteiger charge is -2.35. The molecule has 1 aromatic rings. The molecule has 2 atom stereocenters. The molecule has 0 aromatic carbocycles. The fourth-order valence-corrected chi connectivity index (χ4v) is 3.30. The highest BCUT2D eigenvalue weighted by molar-refractivity contribution is 7.09. The summed E-state index contributed by atoms with van der Waals surface area (Å²) < 4.78 is 0. The van der Waals surface area contributed by atoms with Gasteiger partial charge < -0.3 is 10.2 Å². The summed E-state index contributed by atoms with van der Waals surface area (Å²) in [6.07, 6.45) is 0. The molecule has 1 aromatic heterocycles. The lowest BCUT2D eigenvalue weighted by Crippen LogP contribution is -2.48. The van der Waals surface area contributed by atoms with Crippen LogP contribution in [0.4, 0.5) is 0 Å². The lowest BCUT2D eigenvalue weighted by atomic mass is 10.2. The molecule has 1 N–H and O–H groups in total. The maximum Gasteiger partial charge on any atom is 0.0300 e. The second-order valence-corrected chi connectivity index (χ2v) is 6.53. The Labute approximate surface area is 122 Å². The Hall–Kier alpha value is -0.420. The van der Waals surface area contributed by atoms with Gasteiger partial charge in [-0.3, -0.25) is 4.90 Å². The smallest absolute Gasteiger partial charge is 0.0300 e. The molecular weight excluding hydrogens is 254 g/mol. The average Bonchev–Trinajstić information content (AvgIpc) is 2.82. The number of likely N-dealkylation sites (N-methyl/N-ethyl adjacent to an activating group) is 2. The quantitative estimate of drug-likeness (QED) is 0.751. The Kier molecular flexibility index (Phi) is 7.61. The van der Waals surface area contributed by atoms with Gasteiger partial charge in [0.05, 0.1) is 0 Å². The highest BCUT2D eigenvalue weighted by Crippen LogP contribution is 2.09. The van der Waals surface area contributed by atoms with Gasteiger partial charge in [0.25, 0.3) is 0 Å². The zero-order valence-electron chi connectivity index (χ0n) is 13.0. The first-order valence-corrected chi connectivity index (χ1v) is 8.06. The minimum Gasteiger partial charge on any atom is -0.310 e. The molecule has 3 nitrogen and oxygen atoms in total. The maximum absolute atomic E-state index is 3.57. The van der Waals surface area contributed by atoms with Crippen molar-refractivity contribution in [1.82, 2.24) is 15.1 Å². The van der Waals surface area contributed by atoms with Crippen molar-refractivity contribution in [2.45, 2.75) is 39.4 Å². The van der Waals surface area contributed by atoms with Crippen LogP contribution in [0.1, 0.15) is 25.6 Å². The molecule has 0 aliphatic heterocycles. The number of nitrogens with one attached hydrogen (secondary N) is 1. The van der Waals surface area contributed by atoms with Crippen LogP contribution < -0.4 is 5.32 Å². The molecule has 4 heteroatoms. The number of hydrogen-bond donors (Lipinski definition) is 1. The molecule has 0 spiro atoms. The summed E-state index contributed by atoms with van der Waals surface area (Å²) in [7, 11) is 4.29. The number of rotatable bonds is 9. The monoisotopic (exact) mass is 283 g/mol. The molecule has 0 amide bonds. The topological polar surface area (TPSA) is 18.5 Å². The summed E-state index contributed by atoms with van der Waals surface area (Å²) in [6, 6.07) is 5.47. The Balaban J connectivity index is 2.34. The fourth-order valence-electron chi connectivity index (χ4n) is 2.63. The largest absolute Gasteiger partial charge is 0.310 e. The number of nitrogens with zero attached hydrogens (tertiary/aromatic N) is 2. The normalized spacial score (nSPS) is 15.1. The van der Waals surface area contributed by atoms with Crippen LogP contribution in [0.15, 0.2) is 17.5 Å². The van der Waals surface area contributed by atoms with Crippen molar-refractivity contribution >= 4 is 11.3 Å².